The zero-order chi connectivity index (χ0) is 17.2. The summed E-state index contributed by atoms with van der Waals surface area (Å²) in [6, 6.07) is 5.03. The molecular formula is C15H12F3NO4. The Hall–Kier alpha value is -2.77. The number of hydrogen-bond donors (Lipinski definition) is 1. The molecule has 23 heavy (non-hydrogen) atoms. The maximum atomic E-state index is 12.7. The van der Waals surface area contributed by atoms with Crippen molar-refractivity contribution in [2.45, 2.75) is 6.18 Å². The number of halogens is 3. The van der Waals surface area contributed by atoms with Gasteiger partial charge in [-0.2, -0.15) is 13.2 Å². The summed E-state index contributed by atoms with van der Waals surface area (Å²) in [7, 11) is 2.80. The number of carbonyl (C=O) groups is 1. The van der Waals surface area contributed by atoms with Crippen molar-refractivity contribution in [3.05, 3.63) is 41.6 Å². The van der Waals surface area contributed by atoms with Crippen LogP contribution >= 0.6 is 0 Å². The van der Waals surface area contributed by atoms with Crippen molar-refractivity contribution in [1.29, 1.82) is 0 Å². The molecule has 122 valence electrons. The molecular weight excluding hydrogens is 315 g/mol. The molecule has 0 aliphatic carbocycles. The summed E-state index contributed by atoms with van der Waals surface area (Å²) in [6.07, 6.45) is -4.09. The first kappa shape index (κ1) is 16.6. The fourth-order valence-corrected chi connectivity index (χ4v) is 1.96. The number of carboxylic acids is 1. The Balaban J connectivity index is 2.66. The quantitative estimate of drug-likeness (QED) is 0.931. The molecule has 2 rings (SSSR count). The Kier molecular flexibility index (Phi) is 4.44. The van der Waals surface area contributed by atoms with Gasteiger partial charge in [-0.05, 0) is 18.2 Å². The first-order valence-electron chi connectivity index (χ1n) is 6.30. The third kappa shape index (κ3) is 3.53. The number of ether oxygens (including phenoxy) is 2. The van der Waals surface area contributed by atoms with Gasteiger partial charge in [-0.1, -0.05) is 0 Å². The summed E-state index contributed by atoms with van der Waals surface area (Å²) in [5.74, 6) is -0.796. The number of carboxylic acid groups (broad SMARTS) is 1. The second-order valence-electron chi connectivity index (χ2n) is 4.52. The molecule has 0 aliphatic heterocycles. The van der Waals surface area contributed by atoms with E-state index in [1.807, 2.05) is 0 Å². The van der Waals surface area contributed by atoms with Crippen molar-refractivity contribution in [3.63, 3.8) is 0 Å². The van der Waals surface area contributed by atoms with E-state index in [9.17, 15) is 23.1 Å². The number of benzene rings is 1. The Bertz CT molecular complexity index is 722. The van der Waals surface area contributed by atoms with Gasteiger partial charge in [-0.15, -0.1) is 0 Å². The summed E-state index contributed by atoms with van der Waals surface area (Å²) >= 11 is 0. The van der Waals surface area contributed by atoms with Crippen LogP contribution in [0.4, 0.5) is 13.2 Å². The minimum atomic E-state index is -4.68. The topological polar surface area (TPSA) is 68.7 Å². The number of methoxy groups -OCH3 is 2. The number of hydrogen-bond acceptors (Lipinski definition) is 4. The van der Waals surface area contributed by atoms with E-state index in [1.54, 1.807) is 6.07 Å². The average Bonchev–Trinajstić information content (AvgIpc) is 2.52. The third-order valence-electron chi connectivity index (χ3n) is 3.07. The van der Waals surface area contributed by atoms with Crippen molar-refractivity contribution >= 4 is 5.97 Å². The third-order valence-corrected chi connectivity index (χ3v) is 3.07. The lowest BCUT2D eigenvalue weighted by molar-refractivity contribution is -0.137. The Morgan fingerprint density at radius 1 is 1.09 bits per heavy atom. The van der Waals surface area contributed by atoms with Gasteiger partial charge in [-0.3, -0.25) is 4.98 Å². The summed E-state index contributed by atoms with van der Waals surface area (Å²) in [5, 5.41) is 9.20. The molecule has 1 heterocycles. The zero-order valence-electron chi connectivity index (χ0n) is 12.1. The lowest BCUT2D eigenvalue weighted by Gasteiger charge is -2.12. The van der Waals surface area contributed by atoms with Gasteiger partial charge in [0.2, 0.25) is 0 Å². The zero-order valence-corrected chi connectivity index (χ0v) is 12.1. The molecule has 0 fully saturated rings. The standard InChI is InChI=1S/C15H12F3NO4/c1-22-10-3-8(4-11(6-10)23-2)13-12(14(20)21)5-9(7-19-13)15(16,17)18/h3-7H,1-2H3,(H,20,21). The number of aromatic carboxylic acids is 1. The normalized spacial score (nSPS) is 11.2. The van der Waals surface area contributed by atoms with Crippen LogP contribution in [0.3, 0.4) is 0 Å². The Morgan fingerprint density at radius 2 is 1.65 bits per heavy atom. The van der Waals surface area contributed by atoms with E-state index in [0.717, 1.165) is 0 Å². The lowest BCUT2D eigenvalue weighted by atomic mass is 10.0. The van der Waals surface area contributed by atoms with E-state index in [-0.39, 0.29) is 11.3 Å². The van der Waals surface area contributed by atoms with Crippen LogP contribution in [0, 0.1) is 0 Å². The molecule has 8 heteroatoms. The molecule has 0 radical (unpaired) electrons. The van der Waals surface area contributed by atoms with E-state index in [4.69, 9.17) is 9.47 Å². The molecule has 1 N–H and O–H groups in total. The fraction of sp³-hybridized carbons (Fsp3) is 0.200. The van der Waals surface area contributed by atoms with Crippen LogP contribution in [0.5, 0.6) is 11.5 Å². The Morgan fingerprint density at radius 3 is 2.09 bits per heavy atom. The summed E-state index contributed by atoms with van der Waals surface area (Å²) < 4.78 is 48.3. The molecule has 0 atom stereocenters. The minimum absolute atomic E-state index is 0.109. The molecule has 0 saturated carbocycles. The van der Waals surface area contributed by atoms with E-state index in [0.29, 0.717) is 23.8 Å². The van der Waals surface area contributed by atoms with E-state index in [2.05, 4.69) is 4.98 Å². The number of nitrogens with zero attached hydrogens (tertiary/aromatic N) is 1. The monoisotopic (exact) mass is 327 g/mol. The smallest absolute Gasteiger partial charge is 0.417 e. The maximum absolute atomic E-state index is 12.7. The van der Waals surface area contributed by atoms with Crippen molar-refractivity contribution in [3.8, 4) is 22.8 Å². The van der Waals surface area contributed by atoms with Gasteiger partial charge in [0.1, 0.15) is 11.5 Å². The SMILES string of the molecule is COc1cc(OC)cc(-c2ncc(C(F)(F)F)cc2C(=O)O)c1. The largest absolute Gasteiger partial charge is 0.497 e. The molecule has 0 unspecified atom stereocenters. The molecule has 1 aromatic carbocycles. The lowest BCUT2D eigenvalue weighted by Crippen LogP contribution is -2.10. The van der Waals surface area contributed by atoms with E-state index >= 15 is 0 Å². The molecule has 0 saturated heterocycles. The van der Waals surface area contributed by atoms with Crippen molar-refractivity contribution in [1.82, 2.24) is 4.98 Å². The first-order valence-corrected chi connectivity index (χ1v) is 6.30. The molecule has 0 bridgehead atoms. The predicted molar refractivity (Wildman–Crippen MR) is 74.7 cm³/mol. The van der Waals surface area contributed by atoms with Gasteiger partial charge < -0.3 is 14.6 Å². The highest BCUT2D eigenvalue weighted by molar-refractivity contribution is 5.95. The number of pyridine rings is 1. The highest BCUT2D eigenvalue weighted by Crippen LogP contribution is 2.34. The molecule has 0 amide bonds. The van der Waals surface area contributed by atoms with Crippen molar-refractivity contribution in [2.24, 2.45) is 0 Å². The fourth-order valence-electron chi connectivity index (χ4n) is 1.96. The second-order valence-corrected chi connectivity index (χ2v) is 4.52. The summed E-state index contributed by atoms with van der Waals surface area (Å²) in [4.78, 5) is 15.0. The number of aromatic nitrogens is 1. The van der Waals surface area contributed by atoms with Gasteiger partial charge >= 0.3 is 12.1 Å². The summed E-state index contributed by atoms with van der Waals surface area (Å²) in [6.45, 7) is 0. The van der Waals surface area contributed by atoms with E-state index < -0.39 is 23.3 Å². The molecule has 1 aromatic heterocycles. The van der Waals surface area contributed by atoms with Gasteiger partial charge in [0.15, 0.2) is 0 Å². The molecule has 2 aromatic rings. The highest BCUT2D eigenvalue weighted by atomic mass is 19.4. The van der Waals surface area contributed by atoms with Crippen LogP contribution < -0.4 is 9.47 Å². The Labute approximate surface area is 129 Å². The van der Waals surface area contributed by atoms with Crippen molar-refractivity contribution in [2.75, 3.05) is 14.2 Å². The van der Waals surface area contributed by atoms with Crippen LogP contribution in [0.15, 0.2) is 30.5 Å². The average molecular weight is 327 g/mol. The van der Waals surface area contributed by atoms with Crippen LogP contribution in [0.25, 0.3) is 11.3 Å². The predicted octanol–water partition coefficient (Wildman–Crippen LogP) is 3.48. The second kappa shape index (κ2) is 6.15. The minimum Gasteiger partial charge on any atom is -0.497 e. The van der Waals surface area contributed by atoms with Crippen LogP contribution in [-0.2, 0) is 6.18 Å². The van der Waals surface area contributed by atoms with Gasteiger partial charge in [0.05, 0.1) is 31.0 Å². The maximum Gasteiger partial charge on any atom is 0.417 e. The van der Waals surface area contributed by atoms with E-state index in [1.165, 1.54) is 26.4 Å². The van der Waals surface area contributed by atoms with Gasteiger partial charge in [0.25, 0.3) is 0 Å². The number of rotatable bonds is 4. The first-order chi connectivity index (χ1) is 10.8. The summed E-state index contributed by atoms with van der Waals surface area (Å²) in [5.41, 5.74) is -1.53. The van der Waals surface area contributed by atoms with Crippen LogP contribution in [0.2, 0.25) is 0 Å². The van der Waals surface area contributed by atoms with Gasteiger partial charge in [-0.25, -0.2) is 4.79 Å². The number of alkyl halides is 3. The van der Waals surface area contributed by atoms with Crippen LogP contribution in [0.1, 0.15) is 15.9 Å². The van der Waals surface area contributed by atoms with Crippen LogP contribution in [-0.4, -0.2) is 30.3 Å². The highest BCUT2D eigenvalue weighted by Gasteiger charge is 2.32. The van der Waals surface area contributed by atoms with Gasteiger partial charge in [0, 0.05) is 17.8 Å². The molecule has 5 nitrogen and oxygen atoms in total. The molecule has 0 aliphatic rings. The molecule has 0 spiro atoms. The van der Waals surface area contributed by atoms with Crippen molar-refractivity contribution < 1.29 is 32.5 Å².